The minimum atomic E-state index is 0.401. The first-order chi connectivity index (χ1) is 10.6. The Bertz CT molecular complexity index is 669. The molecule has 0 spiro atoms. The summed E-state index contributed by atoms with van der Waals surface area (Å²) in [7, 11) is 0. The third-order valence-corrected chi connectivity index (χ3v) is 4.63. The lowest BCUT2D eigenvalue weighted by atomic mass is 10.0. The molecule has 0 aromatic heterocycles. The summed E-state index contributed by atoms with van der Waals surface area (Å²) in [5.74, 6) is 1.02. The van der Waals surface area contributed by atoms with E-state index in [2.05, 4.69) is 48.8 Å². The van der Waals surface area contributed by atoms with Gasteiger partial charge in [0, 0.05) is 12.2 Å². The molecule has 0 bridgehead atoms. The fraction of sp³-hybridized carbons (Fsp3) is 0.316. The molecular formula is C19H21N3. The van der Waals surface area contributed by atoms with E-state index in [0.29, 0.717) is 6.04 Å². The monoisotopic (exact) mass is 291 g/mol. The van der Waals surface area contributed by atoms with E-state index < -0.39 is 0 Å². The van der Waals surface area contributed by atoms with Gasteiger partial charge in [-0.2, -0.15) is 5.26 Å². The number of hydrogen-bond donors (Lipinski definition) is 0. The van der Waals surface area contributed by atoms with E-state index in [0.717, 1.165) is 46.9 Å². The van der Waals surface area contributed by atoms with E-state index in [4.69, 9.17) is 5.26 Å². The number of anilines is 1. The Labute approximate surface area is 133 Å². The van der Waals surface area contributed by atoms with Crippen LogP contribution in [-0.2, 0) is 0 Å². The van der Waals surface area contributed by atoms with E-state index in [1.165, 1.54) is 6.42 Å². The summed E-state index contributed by atoms with van der Waals surface area (Å²) >= 11 is 0. The van der Waals surface area contributed by atoms with Crippen molar-refractivity contribution in [2.45, 2.75) is 32.7 Å². The van der Waals surface area contributed by atoms with Crippen molar-refractivity contribution in [2.24, 2.45) is 0 Å². The molecule has 0 aliphatic carbocycles. The average Bonchev–Trinajstić information content (AvgIpc) is 3.10. The predicted molar refractivity (Wildman–Crippen MR) is 91.0 cm³/mol. The van der Waals surface area contributed by atoms with Crippen LogP contribution in [0, 0.1) is 38.0 Å². The van der Waals surface area contributed by atoms with Gasteiger partial charge in [0.25, 0.3) is 0 Å². The Morgan fingerprint density at radius 3 is 2.50 bits per heavy atom. The van der Waals surface area contributed by atoms with Crippen LogP contribution in [-0.4, -0.2) is 17.5 Å². The quantitative estimate of drug-likeness (QED) is 0.739. The predicted octanol–water partition coefficient (Wildman–Crippen LogP) is 3.69. The highest BCUT2D eigenvalue weighted by molar-refractivity contribution is 5.68. The number of nitrogens with zero attached hydrogens (tertiary/aromatic N) is 3. The highest BCUT2D eigenvalue weighted by atomic mass is 15.4. The molecule has 2 saturated heterocycles. The number of fused-ring (bicyclic) bond motifs is 1. The van der Waals surface area contributed by atoms with Crippen LogP contribution in [0.1, 0.15) is 29.5 Å². The molecule has 0 radical (unpaired) electrons. The van der Waals surface area contributed by atoms with Crippen molar-refractivity contribution in [3.8, 4) is 18.9 Å². The van der Waals surface area contributed by atoms with Crippen LogP contribution in [0.15, 0.2) is 36.8 Å². The van der Waals surface area contributed by atoms with Crippen molar-refractivity contribution in [2.75, 3.05) is 11.4 Å². The van der Waals surface area contributed by atoms with Crippen LogP contribution >= 0.6 is 0 Å². The first-order valence-electron chi connectivity index (χ1n) is 7.34. The maximum absolute atomic E-state index is 9.13. The topological polar surface area (TPSA) is 30.3 Å². The minimum absolute atomic E-state index is 0.401. The summed E-state index contributed by atoms with van der Waals surface area (Å²) in [6.07, 6.45) is 10.4. The molecule has 0 amide bonds. The van der Waals surface area contributed by atoms with Gasteiger partial charge in [0.15, 0.2) is 0 Å². The summed E-state index contributed by atoms with van der Waals surface area (Å²) in [5, 5.41) is 9.13. The van der Waals surface area contributed by atoms with Gasteiger partial charge >= 0.3 is 0 Å². The lowest BCUT2D eigenvalue weighted by molar-refractivity contribution is 0.397. The van der Waals surface area contributed by atoms with Crippen LogP contribution in [0.4, 0.5) is 5.69 Å². The summed E-state index contributed by atoms with van der Waals surface area (Å²) in [6.45, 7) is 13.6. The average molecular weight is 291 g/mol. The first-order valence-corrected chi connectivity index (χ1v) is 7.34. The van der Waals surface area contributed by atoms with E-state index in [1.54, 1.807) is 0 Å². The molecule has 22 heavy (non-hydrogen) atoms. The molecule has 3 heteroatoms. The Hall–Kier alpha value is -2.65. The van der Waals surface area contributed by atoms with Gasteiger partial charge < -0.3 is 4.90 Å². The van der Waals surface area contributed by atoms with Gasteiger partial charge in [0.05, 0.1) is 23.4 Å². The maximum Gasteiger partial charge on any atom is 0.106 e. The smallest absolute Gasteiger partial charge is 0.106 e. The first kappa shape index (κ1) is 15.7. The van der Waals surface area contributed by atoms with Crippen molar-refractivity contribution in [3.63, 3.8) is 0 Å². The zero-order chi connectivity index (χ0) is 16.4. The summed E-state index contributed by atoms with van der Waals surface area (Å²) in [5.41, 5.74) is 5.12. The molecule has 1 atom stereocenters. The van der Waals surface area contributed by atoms with Crippen LogP contribution in [0.3, 0.4) is 0 Å². The molecule has 2 aliphatic rings. The van der Waals surface area contributed by atoms with Gasteiger partial charge in [0.1, 0.15) is 5.82 Å². The van der Waals surface area contributed by atoms with Gasteiger partial charge in [0.2, 0.25) is 0 Å². The number of hydrogen-bond acceptors (Lipinski definition) is 3. The number of terminal acetylenes is 1. The molecular weight excluding hydrogens is 270 g/mol. The Kier molecular flexibility index (Phi) is 4.29. The molecule has 2 heterocycles. The van der Waals surface area contributed by atoms with Crippen LogP contribution in [0.2, 0.25) is 0 Å². The van der Waals surface area contributed by atoms with Gasteiger partial charge in [-0.25, -0.2) is 0 Å². The van der Waals surface area contributed by atoms with E-state index >= 15 is 0 Å². The Morgan fingerprint density at radius 2 is 1.91 bits per heavy atom. The molecule has 1 aromatic rings. The summed E-state index contributed by atoms with van der Waals surface area (Å²) in [4.78, 5) is 4.50. The highest BCUT2D eigenvalue weighted by Gasteiger charge is 2.40. The standard InChI is InChI=1S/C17H19N3.C2H2/c1-11-12(2)16(8-7-15(11)10-18)20-13(3)17-6-5-9-19(17)14(20)4;1-2/h7-8,17H,3-6,9H2,1-2H3;1-2H. The van der Waals surface area contributed by atoms with Crippen LogP contribution in [0.5, 0.6) is 0 Å². The third kappa shape index (κ3) is 2.16. The zero-order valence-corrected chi connectivity index (χ0v) is 13.3. The van der Waals surface area contributed by atoms with Crippen molar-refractivity contribution < 1.29 is 0 Å². The lowest BCUT2D eigenvalue weighted by Gasteiger charge is -2.25. The summed E-state index contributed by atoms with van der Waals surface area (Å²) < 4.78 is 0. The second-order valence-corrected chi connectivity index (χ2v) is 5.59. The zero-order valence-electron chi connectivity index (χ0n) is 13.3. The molecule has 2 aliphatic heterocycles. The fourth-order valence-corrected chi connectivity index (χ4v) is 3.33. The molecule has 3 nitrogen and oxygen atoms in total. The maximum atomic E-state index is 9.13. The molecule has 112 valence electrons. The second-order valence-electron chi connectivity index (χ2n) is 5.59. The van der Waals surface area contributed by atoms with E-state index in [-0.39, 0.29) is 0 Å². The van der Waals surface area contributed by atoms with Crippen molar-refractivity contribution in [3.05, 3.63) is 53.5 Å². The van der Waals surface area contributed by atoms with Crippen molar-refractivity contribution >= 4 is 5.69 Å². The van der Waals surface area contributed by atoms with E-state index in [9.17, 15) is 0 Å². The van der Waals surface area contributed by atoms with Crippen LogP contribution in [0.25, 0.3) is 0 Å². The van der Waals surface area contributed by atoms with Gasteiger partial charge in [-0.3, -0.25) is 4.90 Å². The largest absolute Gasteiger partial charge is 0.350 e. The molecule has 1 aromatic carbocycles. The number of nitriles is 1. The van der Waals surface area contributed by atoms with Gasteiger partial charge in [-0.15, -0.1) is 12.8 Å². The fourth-order valence-electron chi connectivity index (χ4n) is 3.33. The molecule has 3 rings (SSSR count). The Morgan fingerprint density at radius 1 is 1.23 bits per heavy atom. The minimum Gasteiger partial charge on any atom is -0.350 e. The molecule has 2 fully saturated rings. The molecule has 0 N–H and O–H groups in total. The second kappa shape index (κ2) is 6.00. The van der Waals surface area contributed by atoms with Crippen molar-refractivity contribution in [1.29, 1.82) is 5.26 Å². The lowest BCUT2D eigenvalue weighted by Crippen LogP contribution is -2.22. The SMILES string of the molecule is C#C.C=C1C2CCCN2C(=C)N1c1ccc(C#N)c(C)c1C. The number of benzene rings is 1. The third-order valence-electron chi connectivity index (χ3n) is 4.63. The molecule has 0 saturated carbocycles. The summed E-state index contributed by atoms with van der Waals surface area (Å²) in [6, 6.07) is 6.55. The Balaban J connectivity index is 0.000000847. The highest BCUT2D eigenvalue weighted by Crippen LogP contribution is 2.42. The van der Waals surface area contributed by atoms with Gasteiger partial charge in [-0.05, 0) is 49.9 Å². The number of rotatable bonds is 1. The normalized spacial score (nSPS) is 19.5. The van der Waals surface area contributed by atoms with E-state index in [1.807, 2.05) is 19.1 Å². The molecule has 1 unspecified atom stereocenters. The van der Waals surface area contributed by atoms with Crippen molar-refractivity contribution in [1.82, 2.24) is 4.90 Å². The van der Waals surface area contributed by atoms with Crippen LogP contribution < -0.4 is 4.90 Å². The van der Waals surface area contributed by atoms with Gasteiger partial charge in [-0.1, -0.05) is 13.2 Å².